The lowest BCUT2D eigenvalue weighted by Crippen LogP contribution is -2.55. The van der Waals surface area contributed by atoms with Crippen molar-refractivity contribution in [2.45, 2.75) is 40.2 Å². The Morgan fingerprint density at radius 2 is 1.58 bits per heavy atom. The number of urea groups is 1. The van der Waals surface area contributed by atoms with E-state index in [-0.39, 0.29) is 11.6 Å². The molecule has 5 nitrogen and oxygen atoms in total. The predicted octanol–water partition coefficient (Wildman–Crippen LogP) is 3.16. The van der Waals surface area contributed by atoms with Crippen molar-refractivity contribution in [3.05, 3.63) is 24.3 Å². The van der Waals surface area contributed by atoms with Gasteiger partial charge in [-0.25, -0.2) is 4.79 Å². The molecule has 2 amide bonds. The Kier molecular flexibility index (Phi) is 5.97. The number of piperazine rings is 1. The van der Waals surface area contributed by atoms with Crippen LogP contribution in [0, 0.1) is 0 Å². The Balaban J connectivity index is 1.91. The molecule has 1 N–H and O–H groups in total. The average molecular weight is 332 g/mol. The molecule has 134 valence electrons. The van der Waals surface area contributed by atoms with Gasteiger partial charge < -0.3 is 20.0 Å². The third-order valence-electron chi connectivity index (χ3n) is 4.39. The van der Waals surface area contributed by atoms with Crippen LogP contribution in [0.1, 0.15) is 34.6 Å². The summed E-state index contributed by atoms with van der Waals surface area (Å²) in [5, 5.41) is 3.04. The summed E-state index contributed by atoms with van der Waals surface area (Å²) in [7, 11) is 0. The lowest BCUT2D eigenvalue weighted by atomic mass is 10.1. The molecular weight excluding hydrogens is 300 g/mol. The average Bonchev–Trinajstić information content (AvgIpc) is 2.55. The largest absolute Gasteiger partial charge is 0.372 e. The van der Waals surface area contributed by atoms with Crippen molar-refractivity contribution in [3.63, 3.8) is 0 Å². The number of rotatable bonds is 4. The molecule has 5 heteroatoms. The van der Waals surface area contributed by atoms with Gasteiger partial charge in [0.05, 0.1) is 0 Å². The quantitative estimate of drug-likeness (QED) is 0.920. The van der Waals surface area contributed by atoms with Gasteiger partial charge in [-0.1, -0.05) is 0 Å². The molecule has 1 aromatic carbocycles. The van der Waals surface area contributed by atoms with Gasteiger partial charge in [-0.2, -0.15) is 0 Å². The third-order valence-corrected chi connectivity index (χ3v) is 4.39. The van der Waals surface area contributed by atoms with E-state index in [1.54, 1.807) is 0 Å². The first kappa shape index (κ1) is 18.4. The van der Waals surface area contributed by atoms with E-state index in [1.165, 1.54) is 11.4 Å². The number of hydrogen-bond acceptors (Lipinski definition) is 3. The number of nitrogens with one attached hydrogen (secondary N) is 1. The Morgan fingerprint density at radius 3 is 2.04 bits per heavy atom. The molecule has 0 atom stereocenters. The zero-order valence-electron chi connectivity index (χ0n) is 15.8. The maximum absolute atomic E-state index is 12.2. The fraction of sp³-hybridized carbons (Fsp3) is 0.632. The summed E-state index contributed by atoms with van der Waals surface area (Å²) >= 11 is 0. The van der Waals surface area contributed by atoms with Crippen molar-refractivity contribution in [2.75, 3.05) is 49.1 Å². The minimum atomic E-state index is -0.186. The van der Waals surface area contributed by atoms with E-state index >= 15 is 0 Å². The van der Waals surface area contributed by atoms with Crippen LogP contribution in [0.4, 0.5) is 16.2 Å². The van der Waals surface area contributed by atoms with E-state index in [9.17, 15) is 4.79 Å². The van der Waals surface area contributed by atoms with Gasteiger partial charge in [0.2, 0.25) is 0 Å². The van der Waals surface area contributed by atoms with Crippen LogP contribution >= 0.6 is 0 Å². The van der Waals surface area contributed by atoms with Gasteiger partial charge in [-0.3, -0.25) is 0 Å². The van der Waals surface area contributed by atoms with E-state index in [1.807, 2.05) is 25.7 Å². The van der Waals surface area contributed by atoms with Crippen molar-refractivity contribution < 1.29 is 4.79 Å². The van der Waals surface area contributed by atoms with Gasteiger partial charge in [0.1, 0.15) is 0 Å². The Morgan fingerprint density at radius 1 is 1.04 bits per heavy atom. The Labute approximate surface area is 146 Å². The van der Waals surface area contributed by atoms with Crippen LogP contribution in [-0.4, -0.2) is 55.7 Å². The van der Waals surface area contributed by atoms with Gasteiger partial charge in [0, 0.05) is 56.2 Å². The van der Waals surface area contributed by atoms with Crippen LogP contribution < -0.4 is 15.1 Å². The summed E-state index contributed by atoms with van der Waals surface area (Å²) in [6.07, 6.45) is 0. The molecule has 2 rings (SSSR count). The van der Waals surface area contributed by atoms with Crippen LogP contribution in [0.25, 0.3) is 0 Å². The van der Waals surface area contributed by atoms with E-state index in [0.29, 0.717) is 0 Å². The van der Waals surface area contributed by atoms with Crippen LogP contribution in [-0.2, 0) is 0 Å². The van der Waals surface area contributed by atoms with E-state index in [0.717, 1.165) is 39.3 Å². The first-order chi connectivity index (χ1) is 11.3. The number of amides is 2. The van der Waals surface area contributed by atoms with Crippen LogP contribution in [0.5, 0.6) is 0 Å². The van der Waals surface area contributed by atoms with Crippen molar-refractivity contribution in [2.24, 2.45) is 0 Å². The first-order valence-corrected chi connectivity index (χ1v) is 9.01. The number of carbonyl (C=O) groups is 1. The molecule has 0 aromatic heterocycles. The molecule has 0 saturated carbocycles. The van der Waals surface area contributed by atoms with Crippen LogP contribution in [0.2, 0.25) is 0 Å². The van der Waals surface area contributed by atoms with E-state index < -0.39 is 0 Å². The van der Waals surface area contributed by atoms with Crippen molar-refractivity contribution in [3.8, 4) is 0 Å². The maximum atomic E-state index is 12.2. The van der Waals surface area contributed by atoms with Crippen LogP contribution in [0.15, 0.2) is 24.3 Å². The summed E-state index contributed by atoms with van der Waals surface area (Å²) in [6, 6.07) is 8.82. The van der Waals surface area contributed by atoms with Gasteiger partial charge in [0.15, 0.2) is 0 Å². The van der Waals surface area contributed by atoms with Crippen molar-refractivity contribution in [1.82, 2.24) is 10.2 Å². The molecule has 1 aromatic rings. The highest BCUT2D eigenvalue weighted by atomic mass is 16.2. The summed E-state index contributed by atoms with van der Waals surface area (Å²) in [5.74, 6) is 0. The van der Waals surface area contributed by atoms with Crippen molar-refractivity contribution in [1.29, 1.82) is 0 Å². The second-order valence-electron chi connectivity index (χ2n) is 7.34. The predicted molar refractivity (Wildman–Crippen MR) is 102 cm³/mol. The standard InChI is InChI=1S/C19H32N4O/c1-6-21(7-2)16-8-10-17(11-9-16)22-12-14-23(15-13-22)18(24)20-19(3,4)5/h8-11H,6-7,12-15H2,1-5H3,(H,20,24). The molecule has 1 aliphatic heterocycles. The molecule has 1 heterocycles. The molecule has 0 radical (unpaired) electrons. The van der Waals surface area contributed by atoms with Crippen LogP contribution in [0.3, 0.4) is 0 Å². The monoisotopic (exact) mass is 332 g/mol. The summed E-state index contributed by atoms with van der Waals surface area (Å²) in [5.41, 5.74) is 2.32. The number of anilines is 2. The zero-order valence-corrected chi connectivity index (χ0v) is 15.8. The van der Waals surface area contributed by atoms with Gasteiger partial charge in [-0.15, -0.1) is 0 Å². The lowest BCUT2D eigenvalue weighted by Gasteiger charge is -2.37. The number of carbonyl (C=O) groups excluding carboxylic acids is 1. The second-order valence-corrected chi connectivity index (χ2v) is 7.34. The SMILES string of the molecule is CCN(CC)c1ccc(N2CCN(C(=O)NC(C)(C)C)CC2)cc1. The topological polar surface area (TPSA) is 38.8 Å². The van der Waals surface area contributed by atoms with E-state index in [2.05, 4.69) is 53.2 Å². The van der Waals surface area contributed by atoms with E-state index in [4.69, 9.17) is 0 Å². The first-order valence-electron chi connectivity index (χ1n) is 9.01. The summed E-state index contributed by atoms with van der Waals surface area (Å²) in [4.78, 5) is 18.8. The summed E-state index contributed by atoms with van der Waals surface area (Å²) < 4.78 is 0. The minimum absolute atomic E-state index is 0.0408. The fourth-order valence-corrected chi connectivity index (χ4v) is 3.03. The minimum Gasteiger partial charge on any atom is -0.372 e. The van der Waals surface area contributed by atoms with Gasteiger partial charge >= 0.3 is 6.03 Å². The molecule has 24 heavy (non-hydrogen) atoms. The third kappa shape index (κ3) is 4.79. The molecule has 1 aliphatic rings. The summed E-state index contributed by atoms with van der Waals surface area (Å²) in [6.45, 7) is 15.7. The zero-order chi connectivity index (χ0) is 17.7. The van der Waals surface area contributed by atoms with Crippen molar-refractivity contribution >= 4 is 17.4 Å². The molecule has 0 bridgehead atoms. The molecule has 1 saturated heterocycles. The number of hydrogen-bond donors (Lipinski definition) is 1. The Hall–Kier alpha value is -1.91. The molecule has 1 fully saturated rings. The fourth-order valence-electron chi connectivity index (χ4n) is 3.03. The smallest absolute Gasteiger partial charge is 0.317 e. The van der Waals surface area contributed by atoms with Gasteiger partial charge in [-0.05, 0) is 58.9 Å². The highest BCUT2D eigenvalue weighted by molar-refractivity contribution is 5.75. The maximum Gasteiger partial charge on any atom is 0.317 e. The number of benzene rings is 1. The number of nitrogens with zero attached hydrogens (tertiary/aromatic N) is 3. The van der Waals surface area contributed by atoms with Gasteiger partial charge in [0.25, 0.3) is 0 Å². The highest BCUT2D eigenvalue weighted by Crippen LogP contribution is 2.22. The molecular formula is C19H32N4O. The molecule has 0 spiro atoms. The molecule has 0 aliphatic carbocycles. The molecule has 0 unspecified atom stereocenters. The highest BCUT2D eigenvalue weighted by Gasteiger charge is 2.24. The normalized spacial score (nSPS) is 15.4. The lowest BCUT2D eigenvalue weighted by molar-refractivity contribution is 0.185. The Bertz CT molecular complexity index is 523. The second kappa shape index (κ2) is 7.77.